The van der Waals surface area contributed by atoms with E-state index in [1.54, 1.807) is 12.2 Å². The average molecular weight is 238 g/mol. The lowest BCUT2D eigenvalue weighted by molar-refractivity contribution is 1.19. The molecule has 0 amide bonds. The van der Waals surface area contributed by atoms with Gasteiger partial charge in [-0.15, -0.1) is 0 Å². The number of aryl methyl sites for hydroxylation is 1. The zero-order chi connectivity index (χ0) is 13.5. The molecule has 0 aromatic carbocycles. The Hall–Kier alpha value is -2.22. The second kappa shape index (κ2) is 6.50. The van der Waals surface area contributed by atoms with Crippen LogP contribution in [0, 0.1) is 6.92 Å². The summed E-state index contributed by atoms with van der Waals surface area (Å²) in [7, 11) is 0. The maximum absolute atomic E-state index is 4.51. The third-order valence-electron chi connectivity index (χ3n) is 2.55. The molecule has 0 aliphatic rings. The Labute approximate surface area is 109 Å². The van der Waals surface area contributed by atoms with Crippen LogP contribution in [0.4, 0.5) is 5.82 Å². The van der Waals surface area contributed by atoms with E-state index in [1.165, 1.54) is 0 Å². The molecule has 0 bridgehead atoms. The van der Waals surface area contributed by atoms with Crippen LogP contribution in [-0.4, -0.2) is 11.7 Å². The summed E-state index contributed by atoms with van der Waals surface area (Å²) in [5.74, 6) is 0.596. The summed E-state index contributed by atoms with van der Waals surface area (Å²) in [4.78, 5) is 8.44. The molecule has 1 aromatic rings. The third kappa shape index (κ3) is 2.92. The van der Waals surface area contributed by atoms with Crippen molar-refractivity contribution in [1.82, 2.24) is 4.98 Å². The van der Waals surface area contributed by atoms with Gasteiger partial charge in [0.15, 0.2) is 5.82 Å². The van der Waals surface area contributed by atoms with E-state index in [-0.39, 0.29) is 0 Å². The topological polar surface area (TPSA) is 25.2 Å². The fourth-order valence-corrected chi connectivity index (χ4v) is 1.64. The van der Waals surface area contributed by atoms with Gasteiger partial charge < -0.3 is 0 Å². The first-order valence-corrected chi connectivity index (χ1v) is 5.74. The molecule has 1 heterocycles. The van der Waals surface area contributed by atoms with Crippen molar-refractivity contribution in [2.24, 2.45) is 4.99 Å². The molecule has 0 radical (unpaired) electrons. The first kappa shape index (κ1) is 13.8. The molecular formula is C16H18N2. The van der Waals surface area contributed by atoms with E-state index in [2.05, 4.69) is 29.9 Å². The van der Waals surface area contributed by atoms with Crippen LogP contribution in [0.3, 0.4) is 0 Å². The second-order valence-electron chi connectivity index (χ2n) is 3.78. The standard InChI is InChI=1S/C16H18N2/c1-6-9-10-13(7-2)15-12(4)11-14(8-3)16(17-5)18-15/h6-11H,2-3,5H2,1,4H3/b9-6-,13-10+. The zero-order valence-electron chi connectivity index (χ0n) is 11.0. The Balaban J connectivity index is 3.44. The van der Waals surface area contributed by atoms with E-state index < -0.39 is 0 Å². The summed E-state index contributed by atoms with van der Waals surface area (Å²) >= 11 is 0. The quantitative estimate of drug-likeness (QED) is 0.547. The second-order valence-corrected chi connectivity index (χ2v) is 3.78. The van der Waals surface area contributed by atoms with Gasteiger partial charge in [-0.25, -0.2) is 9.98 Å². The van der Waals surface area contributed by atoms with Crippen LogP contribution in [0.25, 0.3) is 11.6 Å². The molecule has 0 aliphatic carbocycles. The Kier molecular flexibility index (Phi) is 5.00. The van der Waals surface area contributed by atoms with Crippen molar-refractivity contribution in [3.8, 4) is 0 Å². The van der Waals surface area contributed by atoms with Crippen molar-refractivity contribution in [2.75, 3.05) is 0 Å². The molecule has 0 spiro atoms. The SMILES string of the molecule is C=C/C(=C\C=C/C)c1nc(N=C)c(C=C)cc1C. The summed E-state index contributed by atoms with van der Waals surface area (Å²) in [6, 6.07) is 2.01. The molecule has 2 nitrogen and oxygen atoms in total. The van der Waals surface area contributed by atoms with E-state index in [4.69, 9.17) is 0 Å². The molecule has 2 heteroatoms. The minimum absolute atomic E-state index is 0.596. The molecular weight excluding hydrogens is 220 g/mol. The molecule has 1 rings (SSSR count). The molecule has 18 heavy (non-hydrogen) atoms. The monoisotopic (exact) mass is 238 g/mol. The number of allylic oxidation sites excluding steroid dienone is 5. The van der Waals surface area contributed by atoms with Crippen molar-refractivity contribution >= 4 is 24.2 Å². The number of nitrogens with zero attached hydrogens (tertiary/aromatic N) is 2. The van der Waals surface area contributed by atoms with Crippen LogP contribution < -0.4 is 0 Å². The maximum Gasteiger partial charge on any atom is 0.159 e. The van der Waals surface area contributed by atoms with Crippen LogP contribution >= 0.6 is 0 Å². The lowest BCUT2D eigenvalue weighted by Crippen LogP contribution is -1.94. The normalized spacial score (nSPS) is 11.6. The molecule has 92 valence electrons. The van der Waals surface area contributed by atoms with Crippen molar-refractivity contribution < 1.29 is 0 Å². The van der Waals surface area contributed by atoms with Crippen molar-refractivity contribution in [2.45, 2.75) is 13.8 Å². The van der Waals surface area contributed by atoms with Gasteiger partial charge in [-0.05, 0) is 37.8 Å². The first-order chi connectivity index (χ1) is 8.67. The molecule has 0 aliphatic heterocycles. The Morgan fingerprint density at radius 3 is 2.61 bits per heavy atom. The van der Waals surface area contributed by atoms with Crippen LogP contribution in [0.2, 0.25) is 0 Å². The van der Waals surface area contributed by atoms with E-state index in [1.807, 2.05) is 38.1 Å². The van der Waals surface area contributed by atoms with Crippen molar-refractivity contribution in [3.63, 3.8) is 0 Å². The highest BCUT2D eigenvalue weighted by Gasteiger charge is 2.08. The number of aliphatic imine (C=N–C) groups is 1. The van der Waals surface area contributed by atoms with Crippen molar-refractivity contribution in [1.29, 1.82) is 0 Å². The molecule has 1 aromatic heterocycles. The fraction of sp³-hybridized carbons (Fsp3) is 0.125. The summed E-state index contributed by atoms with van der Waals surface area (Å²) < 4.78 is 0. The third-order valence-corrected chi connectivity index (χ3v) is 2.55. The van der Waals surface area contributed by atoms with E-state index in [0.717, 1.165) is 22.4 Å². The van der Waals surface area contributed by atoms with Crippen LogP contribution in [0.5, 0.6) is 0 Å². The molecule has 0 N–H and O–H groups in total. The number of hydrogen-bond donors (Lipinski definition) is 0. The minimum Gasteiger partial charge on any atom is -0.245 e. The number of pyridine rings is 1. The largest absolute Gasteiger partial charge is 0.245 e. The predicted molar refractivity (Wildman–Crippen MR) is 81.3 cm³/mol. The molecule has 0 saturated heterocycles. The van der Waals surface area contributed by atoms with Gasteiger partial charge in [-0.3, -0.25) is 0 Å². The molecule has 0 atom stereocenters. The van der Waals surface area contributed by atoms with Gasteiger partial charge in [-0.2, -0.15) is 0 Å². The number of aromatic nitrogens is 1. The van der Waals surface area contributed by atoms with Gasteiger partial charge in [0.1, 0.15) is 0 Å². The van der Waals surface area contributed by atoms with Crippen molar-refractivity contribution in [3.05, 3.63) is 60.3 Å². The van der Waals surface area contributed by atoms with E-state index >= 15 is 0 Å². The molecule has 0 saturated carbocycles. The maximum atomic E-state index is 4.51. The van der Waals surface area contributed by atoms with Gasteiger partial charge in [0.25, 0.3) is 0 Å². The van der Waals surface area contributed by atoms with E-state index in [9.17, 15) is 0 Å². The van der Waals surface area contributed by atoms with Gasteiger partial charge in [0.05, 0.1) is 5.69 Å². The number of hydrogen-bond acceptors (Lipinski definition) is 2. The fourth-order valence-electron chi connectivity index (χ4n) is 1.64. The van der Waals surface area contributed by atoms with Crippen LogP contribution in [-0.2, 0) is 0 Å². The minimum atomic E-state index is 0.596. The highest BCUT2D eigenvalue weighted by atomic mass is 14.9. The molecule has 0 unspecified atom stereocenters. The Morgan fingerprint density at radius 2 is 2.11 bits per heavy atom. The summed E-state index contributed by atoms with van der Waals surface area (Å²) in [5, 5.41) is 0. The van der Waals surface area contributed by atoms with Gasteiger partial charge >= 0.3 is 0 Å². The molecule has 0 fully saturated rings. The van der Waals surface area contributed by atoms with Crippen LogP contribution in [0.15, 0.2) is 48.5 Å². The first-order valence-electron chi connectivity index (χ1n) is 5.74. The Bertz CT molecular complexity index is 534. The van der Waals surface area contributed by atoms with Crippen LogP contribution in [0.1, 0.15) is 23.7 Å². The van der Waals surface area contributed by atoms with Gasteiger partial charge in [0.2, 0.25) is 0 Å². The predicted octanol–water partition coefficient (Wildman–Crippen LogP) is 4.51. The smallest absolute Gasteiger partial charge is 0.159 e. The van der Waals surface area contributed by atoms with Gasteiger partial charge in [-0.1, -0.05) is 43.5 Å². The zero-order valence-corrected chi connectivity index (χ0v) is 11.0. The highest BCUT2D eigenvalue weighted by Crippen LogP contribution is 2.25. The summed E-state index contributed by atoms with van der Waals surface area (Å²) in [6.07, 6.45) is 9.42. The number of rotatable bonds is 5. The van der Waals surface area contributed by atoms with E-state index in [0.29, 0.717) is 5.82 Å². The summed E-state index contributed by atoms with van der Waals surface area (Å²) in [5.41, 5.74) is 3.79. The Morgan fingerprint density at radius 1 is 1.39 bits per heavy atom. The lowest BCUT2D eigenvalue weighted by Gasteiger charge is -2.09. The summed E-state index contributed by atoms with van der Waals surface area (Å²) in [6.45, 7) is 15.1. The highest BCUT2D eigenvalue weighted by molar-refractivity contribution is 5.77. The van der Waals surface area contributed by atoms with Gasteiger partial charge in [0, 0.05) is 5.56 Å². The lowest BCUT2D eigenvalue weighted by atomic mass is 10.0. The average Bonchev–Trinajstić information content (AvgIpc) is 2.40.